The molecule has 8 heteroatoms. The minimum absolute atomic E-state index is 0.0827. The van der Waals surface area contributed by atoms with Gasteiger partial charge in [-0.1, -0.05) is 49.6 Å². The maximum absolute atomic E-state index is 14.4. The highest BCUT2D eigenvalue weighted by Crippen LogP contribution is 2.28. The van der Waals surface area contributed by atoms with Crippen LogP contribution in [0.3, 0.4) is 0 Å². The fourth-order valence-corrected chi connectivity index (χ4v) is 4.49. The van der Waals surface area contributed by atoms with Gasteiger partial charge in [0, 0.05) is 24.1 Å². The van der Waals surface area contributed by atoms with Crippen LogP contribution in [0.5, 0.6) is 5.75 Å². The molecule has 0 saturated heterocycles. The summed E-state index contributed by atoms with van der Waals surface area (Å²) in [5.41, 5.74) is 0.947. The summed E-state index contributed by atoms with van der Waals surface area (Å²) in [6, 6.07) is 10.8. The summed E-state index contributed by atoms with van der Waals surface area (Å²) < 4.78 is 5.46. The third-order valence-electron chi connectivity index (χ3n) is 6.22. The van der Waals surface area contributed by atoms with Gasteiger partial charge in [-0.3, -0.25) is 9.59 Å². The Balaban J connectivity index is 2.60. The van der Waals surface area contributed by atoms with Gasteiger partial charge in [0.05, 0.1) is 0 Å². The molecule has 0 aliphatic rings. The second-order valence-electron chi connectivity index (χ2n) is 11.2. The standard InChI is InChI=1S/C32H43N3O5/c1-9-13-22(5)33-29(37)28(26-15-12-11-14-24(26)10-2)35(21(3)4)30(38)27(34-31(39)40-32(6,7)8)20-23-16-18-25(36)19-17-23/h2,11-12,14-19,21-22,27-28,36H,9,13,20H2,1,3-8H3,(H,33,37)(H,34,39). The number of rotatable bonds is 11. The molecule has 0 bridgehead atoms. The quantitative estimate of drug-likeness (QED) is 0.338. The molecule has 0 heterocycles. The van der Waals surface area contributed by atoms with Gasteiger partial charge in [0.2, 0.25) is 11.8 Å². The minimum atomic E-state index is -1.07. The Hall–Kier alpha value is -3.99. The van der Waals surface area contributed by atoms with E-state index in [1.54, 1.807) is 57.2 Å². The van der Waals surface area contributed by atoms with Crippen molar-refractivity contribution in [2.45, 2.75) is 97.5 Å². The first-order valence-electron chi connectivity index (χ1n) is 13.7. The van der Waals surface area contributed by atoms with Crippen LogP contribution in [0.4, 0.5) is 4.79 Å². The lowest BCUT2D eigenvalue weighted by atomic mass is 9.95. The van der Waals surface area contributed by atoms with E-state index in [2.05, 4.69) is 16.6 Å². The summed E-state index contributed by atoms with van der Waals surface area (Å²) in [5.74, 6) is 1.90. The molecule has 0 fully saturated rings. The predicted molar refractivity (Wildman–Crippen MR) is 157 cm³/mol. The van der Waals surface area contributed by atoms with Gasteiger partial charge in [-0.25, -0.2) is 4.79 Å². The van der Waals surface area contributed by atoms with Crippen LogP contribution in [-0.4, -0.2) is 51.6 Å². The Labute approximate surface area is 238 Å². The molecular weight excluding hydrogens is 506 g/mol. The number of alkyl carbamates (subject to hydrolysis) is 1. The molecule has 3 N–H and O–H groups in total. The average molecular weight is 550 g/mol. The van der Waals surface area contributed by atoms with Crippen molar-refractivity contribution >= 4 is 17.9 Å². The molecule has 2 aromatic rings. The fourth-order valence-electron chi connectivity index (χ4n) is 4.49. The highest BCUT2D eigenvalue weighted by Gasteiger charge is 2.39. The number of nitrogens with one attached hydrogen (secondary N) is 2. The van der Waals surface area contributed by atoms with Gasteiger partial charge in [0.25, 0.3) is 0 Å². The summed E-state index contributed by atoms with van der Waals surface area (Å²) in [4.78, 5) is 42.6. The second-order valence-corrected chi connectivity index (χ2v) is 11.2. The smallest absolute Gasteiger partial charge is 0.408 e. The second kappa shape index (κ2) is 14.4. The van der Waals surface area contributed by atoms with Crippen LogP contribution in [0.1, 0.15) is 84.0 Å². The molecule has 0 radical (unpaired) electrons. The van der Waals surface area contributed by atoms with E-state index in [4.69, 9.17) is 11.2 Å². The first-order chi connectivity index (χ1) is 18.8. The number of carbonyl (C=O) groups excluding carboxylic acids is 3. The van der Waals surface area contributed by atoms with Gasteiger partial charge in [-0.2, -0.15) is 0 Å². The summed E-state index contributed by atoms with van der Waals surface area (Å²) >= 11 is 0. The Kier molecular flexibility index (Phi) is 11.6. The molecule has 8 nitrogen and oxygen atoms in total. The van der Waals surface area contributed by atoms with E-state index in [1.165, 1.54) is 17.0 Å². The molecule has 0 aromatic heterocycles. The van der Waals surface area contributed by atoms with Crippen LogP contribution in [0, 0.1) is 12.3 Å². The van der Waals surface area contributed by atoms with Crippen LogP contribution >= 0.6 is 0 Å². The number of terminal acetylenes is 1. The number of ether oxygens (including phenoxy) is 1. The van der Waals surface area contributed by atoms with E-state index in [9.17, 15) is 19.5 Å². The van der Waals surface area contributed by atoms with E-state index in [-0.39, 0.29) is 24.1 Å². The number of phenols is 1. The Bertz CT molecular complexity index is 1190. The van der Waals surface area contributed by atoms with Crippen molar-refractivity contribution < 1.29 is 24.2 Å². The highest BCUT2D eigenvalue weighted by molar-refractivity contribution is 5.93. The zero-order chi connectivity index (χ0) is 30.0. The number of hydrogen-bond donors (Lipinski definition) is 3. The number of amides is 3. The zero-order valence-electron chi connectivity index (χ0n) is 24.7. The maximum atomic E-state index is 14.4. The van der Waals surface area contributed by atoms with E-state index < -0.39 is 35.7 Å². The van der Waals surface area contributed by atoms with Gasteiger partial charge >= 0.3 is 6.09 Å². The van der Waals surface area contributed by atoms with Crippen LogP contribution in [-0.2, 0) is 20.7 Å². The van der Waals surface area contributed by atoms with Crippen molar-refractivity contribution in [1.82, 2.24) is 15.5 Å². The van der Waals surface area contributed by atoms with Gasteiger partial charge in [0.1, 0.15) is 23.4 Å². The molecule has 0 aliphatic heterocycles. The number of aromatic hydroxyl groups is 1. The average Bonchev–Trinajstić information content (AvgIpc) is 2.86. The topological polar surface area (TPSA) is 108 Å². The highest BCUT2D eigenvalue weighted by atomic mass is 16.6. The van der Waals surface area contributed by atoms with Crippen molar-refractivity contribution in [2.75, 3.05) is 0 Å². The monoisotopic (exact) mass is 549 g/mol. The Morgan fingerprint density at radius 2 is 1.65 bits per heavy atom. The third kappa shape index (κ3) is 9.33. The molecule has 0 spiro atoms. The molecule has 3 atom stereocenters. The summed E-state index contributed by atoms with van der Waals surface area (Å²) in [6.45, 7) is 12.8. The number of benzene rings is 2. The third-order valence-corrected chi connectivity index (χ3v) is 6.22. The number of phenolic OH excluding ortho intramolecular Hbond substituents is 1. The normalized spacial score (nSPS) is 13.5. The first kappa shape index (κ1) is 32.2. The van der Waals surface area contributed by atoms with Gasteiger partial charge in [-0.05, 0) is 77.3 Å². The van der Waals surface area contributed by atoms with Crippen molar-refractivity contribution in [2.24, 2.45) is 0 Å². The van der Waals surface area contributed by atoms with Crippen LogP contribution in [0.2, 0.25) is 0 Å². The number of carbonyl (C=O) groups is 3. The SMILES string of the molecule is C#Cc1ccccc1C(C(=O)NC(C)CCC)N(C(=O)C(Cc1ccc(O)cc1)NC(=O)OC(C)(C)C)C(C)C. The first-order valence-corrected chi connectivity index (χ1v) is 13.7. The fraction of sp³-hybridized carbons (Fsp3) is 0.469. The molecule has 0 aliphatic carbocycles. The molecule has 3 unspecified atom stereocenters. The van der Waals surface area contributed by atoms with Gasteiger partial charge in [-0.15, -0.1) is 6.42 Å². The largest absolute Gasteiger partial charge is 0.508 e. The van der Waals surface area contributed by atoms with E-state index >= 15 is 0 Å². The lowest BCUT2D eigenvalue weighted by Gasteiger charge is -2.38. The van der Waals surface area contributed by atoms with Crippen LogP contribution in [0.25, 0.3) is 0 Å². The van der Waals surface area contributed by atoms with Crippen LogP contribution in [0.15, 0.2) is 48.5 Å². The Morgan fingerprint density at radius 1 is 1.02 bits per heavy atom. The molecule has 3 amide bonds. The lowest BCUT2D eigenvalue weighted by molar-refractivity contribution is -0.144. The molecule has 40 heavy (non-hydrogen) atoms. The van der Waals surface area contributed by atoms with Gasteiger partial charge in [0.15, 0.2) is 0 Å². The van der Waals surface area contributed by atoms with Crippen molar-refractivity contribution in [3.8, 4) is 18.1 Å². The number of nitrogens with zero attached hydrogens (tertiary/aromatic N) is 1. The minimum Gasteiger partial charge on any atom is -0.508 e. The Morgan fingerprint density at radius 3 is 2.20 bits per heavy atom. The van der Waals surface area contributed by atoms with E-state index in [0.717, 1.165) is 12.8 Å². The van der Waals surface area contributed by atoms with Crippen molar-refractivity contribution in [3.05, 3.63) is 65.2 Å². The molecule has 2 rings (SSSR count). The predicted octanol–water partition coefficient (Wildman–Crippen LogP) is 5.09. The van der Waals surface area contributed by atoms with E-state index in [1.807, 2.05) is 27.7 Å². The number of hydrogen-bond acceptors (Lipinski definition) is 5. The molecule has 0 saturated carbocycles. The summed E-state index contributed by atoms with van der Waals surface area (Å²) in [7, 11) is 0. The summed E-state index contributed by atoms with van der Waals surface area (Å²) in [5, 5.41) is 15.5. The molecular formula is C32H43N3O5. The zero-order valence-corrected chi connectivity index (χ0v) is 24.7. The van der Waals surface area contributed by atoms with Gasteiger partial charge < -0.3 is 25.4 Å². The molecule has 216 valence electrons. The maximum Gasteiger partial charge on any atom is 0.408 e. The summed E-state index contributed by atoms with van der Waals surface area (Å²) in [6.07, 6.45) is 6.82. The van der Waals surface area contributed by atoms with E-state index in [0.29, 0.717) is 16.7 Å². The molecule has 2 aromatic carbocycles. The van der Waals surface area contributed by atoms with Crippen LogP contribution < -0.4 is 10.6 Å². The van der Waals surface area contributed by atoms with Crippen molar-refractivity contribution in [1.29, 1.82) is 0 Å². The lowest BCUT2D eigenvalue weighted by Crippen LogP contribution is -2.56. The van der Waals surface area contributed by atoms with Crippen molar-refractivity contribution in [3.63, 3.8) is 0 Å².